The van der Waals surface area contributed by atoms with Crippen LogP contribution < -0.4 is 4.74 Å². The molecular weight excluding hydrogens is 256 g/mol. The summed E-state index contributed by atoms with van der Waals surface area (Å²) < 4.78 is 52.3. The number of benzene rings is 1. The number of halogens is 5. The normalized spacial score (nSPS) is 10.6. The van der Waals surface area contributed by atoms with Gasteiger partial charge in [0.25, 0.3) is 0 Å². The van der Waals surface area contributed by atoms with E-state index in [4.69, 9.17) is 0 Å². The van der Waals surface area contributed by atoms with Crippen LogP contribution in [-0.4, -0.2) is 6.61 Å². The molecule has 0 radical (unpaired) electrons. The highest BCUT2D eigenvalue weighted by Gasteiger charge is 2.17. The van der Waals surface area contributed by atoms with Crippen LogP contribution in [0.5, 0.6) is 5.75 Å². The molecule has 0 saturated carbocycles. The van der Waals surface area contributed by atoms with Crippen LogP contribution in [0.1, 0.15) is 0 Å². The third-order valence-electron chi connectivity index (χ3n) is 1.21. The molecule has 1 rings (SSSR count). The molecule has 0 N–H and O–H groups in total. The number of alkyl halides is 2. The monoisotopic (exact) mass is 258 g/mol. The van der Waals surface area contributed by atoms with Crippen molar-refractivity contribution in [2.24, 2.45) is 0 Å². The summed E-state index contributed by atoms with van der Waals surface area (Å²) in [6, 6.07) is 1.88. The van der Waals surface area contributed by atoms with Crippen molar-refractivity contribution in [1.29, 1.82) is 0 Å². The predicted octanol–water partition coefficient (Wildman–Crippen LogP) is 3.33. The van der Waals surface area contributed by atoms with Crippen molar-refractivity contribution in [1.82, 2.24) is 0 Å². The van der Waals surface area contributed by atoms with Crippen molar-refractivity contribution < 1.29 is 22.3 Å². The Bertz CT molecular complexity index is 316. The van der Waals surface area contributed by atoms with Gasteiger partial charge in [-0.05, 0) is 28.1 Å². The highest BCUT2D eigenvalue weighted by molar-refractivity contribution is 9.10. The van der Waals surface area contributed by atoms with E-state index >= 15 is 0 Å². The van der Waals surface area contributed by atoms with E-state index < -0.39 is 24.0 Å². The predicted molar refractivity (Wildman–Crippen MR) is 40.7 cm³/mol. The SMILES string of the molecule is Fc1ccc(Br)c(F)c1OC(F)F. The average Bonchev–Trinajstić information content (AvgIpc) is 2.05. The van der Waals surface area contributed by atoms with Crippen LogP contribution in [0.4, 0.5) is 17.6 Å². The van der Waals surface area contributed by atoms with Crippen LogP contribution in [0.3, 0.4) is 0 Å². The summed E-state index contributed by atoms with van der Waals surface area (Å²) >= 11 is 2.70. The second kappa shape index (κ2) is 3.95. The van der Waals surface area contributed by atoms with E-state index in [-0.39, 0.29) is 4.47 Å². The first kappa shape index (κ1) is 10.3. The lowest BCUT2D eigenvalue weighted by atomic mass is 10.3. The molecule has 6 heteroatoms. The zero-order valence-electron chi connectivity index (χ0n) is 6.03. The number of rotatable bonds is 2. The highest BCUT2D eigenvalue weighted by atomic mass is 79.9. The van der Waals surface area contributed by atoms with Crippen molar-refractivity contribution in [2.45, 2.75) is 6.61 Å². The molecule has 0 aliphatic carbocycles. The minimum absolute atomic E-state index is 0.135. The molecule has 0 heterocycles. The molecule has 13 heavy (non-hydrogen) atoms. The number of hydrogen-bond acceptors (Lipinski definition) is 1. The van der Waals surface area contributed by atoms with Crippen LogP contribution in [0.15, 0.2) is 16.6 Å². The third-order valence-corrected chi connectivity index (χ3v) is 1.82. The summed E-state index contributed by atoms with van der Waals surface area (Å²) in [5.74, 6) is -3.43. The van der Waals surface area contributed by atoms with Crippen molar-refractivity contribution in [3.05, 3.63) is 28.2 Å². The Morgan fingerprint density at radius 3 is 2.38 bits per heavy atom. The molecule has 0 bridgehead atoms. The quantitative estimate of drug-likeness (QED) is 0.584. The van der Waals surface area contributed by atoms with Crippen molar-refractivity contribution >= 4 is 15.9 Å². The molecule has 72 valence electrons. The van der Waals surface area contributed by atoms with Gasteiger partial charge in [0, 0.05) is 0 Å². The summed E-state index contributed by atoms with van der Waals surface area (Å²) in [5.41, 5.74) is 0. The zero-order chi connectivity index (χ0) is 10.0. The van der Waals surface area contributed by atoms with Gasteiger partial charge in [-0.3, -0.25) is 0 Å². The minimum Gasteiger partial charge on any atom is -0.428 e. The Hall–Kier alpha value is -0.780. The van der Waals surface area contributed by atoms with E-state index in [1.165, 1.54) is 0 Å². The molecule has 0 spiro atoms. The standard InChI is InChI=1S/C7H3BrF4O/c8-3-1-2-4(9)6(5(3)10)13-7(11)12/h1-2,7H. The lowest BCUT2D eigenvalue weighted by molar-refractivity contribution is -0.0547. The molecule has 0 fully saturated rings. The van der Waals surface area contributed by atoms with Crippen molar-refractivity contribution in [3.8, 4) is 5.75 Å². The number of ether oxygens (including phenoxy) is 1. The van der Waals surface area contributed by atoms with Gasteiger partial charge in [-0.25, -0.2) is 8.78 Å². The van der Waals surface area contributed by atoms with Gasteiger partial charge in [-0.2, -0.15) is 8.78 Å². The highest BCUT2D eigenvalue weighted by Crippen LogP contribution is 2.28. The van der Waals surface area contributed by atoms with Crippen LogP contribution >= 0.6 is 15.9 Å². The van der Waals surface area contributed by atoms with Gasteiger partial charge >= 0.3 is 6.61 Å². The Morgan fingerprint density at radius 2 is 1.85 bits per heavy atom. The van der Waals surface area contributed by atoms with E-state index in [0.717, 1.165) is 12.1 Å². The molecule has 0 aliphatic heterocycles. The maximum Gasteiger partial charge on any atom is 0.387 e. The number of hydrogen-bond donors (Lipinski definition) is 0. The Morgan fingerprint density at radius 1 is 1.23 bits per heavy atom. The second-order valence-corrected chi connectivity index (χ2v) is 2.91. The van der Waals surface area contributed by atoms with E-state index in [9.17, 15) is 17.6 Å². The zero-order valence-corrected chi connectivity index (χ0v) is 7.62. The first-order chi connectivity index (χ1) is 6.02. The molecule has 1 nitrogen and oxygen atoms in total. The third kappa shape index (κ3) is 2.33. The summed E-state index contributed by atoms with van der Waals surface area (Å²) in [5, 5.41) is 0. The van der Waals surface area contributed by atoms with E-state index in [2.05, 4.69) is 20.7 Å². The Balaban J connectivity index is 3.10. The smallest absolute Gasteiger partial charge is 0.387 e. The summed E-state index contributed by atoms with van der Waals surface area (Å²) in [7, 11) is 0. The summed E-state index contributed by atoms with van der Waals surface area (Å²) in [6.07, 6.45) is 0. The van der Waals surface area contributed by atoms with Gasteiger partial charge in [0.2, 0.25) is 0 Å². The largest absolute Gasteiger partial charge is 0.428 e. The lowest BCUT2D eigenvalue weighted by Crippen LogP contribution is -2.05. The first-order valence-electron chi connectivity index (χ1n) is 3.10. The van der Waals surface area contributed by atoms with E-state index in [0.29, 0.717) is 0 Å². The summed E-state index contributed by atoms with van der Waals surface area (Å²) in [4.78, 5) is 0. The Kier molecular flexibility index (Phi) is 3.13. The fraction of sp³-hybridized carbons (Fsp3) is 0.143. The molecule has 1 aromatic carbocycles. The van der Waals surface area contributed by atoms with Gasteiger partial charge in [-0.15, -0.1) is 0 Å². The van der Waals surface area contributed by atoms with Crippen LogP contribution in [-0.2, 0) is 0 Å². The maximum atomic E-state index is 12.9. The average molecular weight is 259 g/mol. The van der Waals surface area contributed by atoms with Gasteiger partial charge in [0.15, 0.2) is 17.4 Å². The molecular formula is C7H3BrF4O. The second-order valence-electron chi connectivity index (χ2n) is 2.05. The fourth-order valence-corrected chi connectivity index (χ4v) is 1.02. The maximum absolute atomic E-state index is 12.9. The van der Waals surface area contributed by atoms with Crippen LogP contribution in [0.25, 0.3) is 0 Å². The molecule has 0 aliphatic rings. The molecule has 0 amide bonds. The van der Waals surface area contributed by atoms with Gasteiger partial charge in [-0.1, -0.05) is 0 Å². The fourth-order valence-electron chi connectivity index (χ4n) is 0.706. The molecule has 0 atom stereocenters. The minimum atomic E-state index is -3.25. The van der Waals surface area contributed by atoms with Crippen LogP contribution in [0, 0.1) is 11.6 Å². The molecule has 0 unspecified atom stereocenters. The topological polar surface area (TPSA) is 9.23 Å². The van der Waals surface area contributed by atoms with E-state index in [1.54, 1.807) is 0 Å². The first-order valence-corrected chi connectivity index (χ1v) is 3.90. The molecule has 0 saturated heterocycles. The van der Waals surface area contributed by atoms with Crippen molar-refractivity contribution in [3.63, 3.8) is 0 Å². The van der Waals surface area contributed by atoms with Gasteiger partial charge < -0.3 is 4.74 Å². The van der Waals surface area contributed by atoms with Gasteiger partial charge in [0.05, 0.1) is 4.47 Å². The Labute approximate surface area is 79.4 Å². The van der Waals surface area contributed by atoms with Crippen molar-refractivity contribution in [2.75, 3.05) is 0 Å². The molecule has 1 aromatic rings. The summed E-state index contributed by atoms with van der Waals surface area (Å²) in [6.45, 7) is -3.25. The molecule has 0 aromatic heterocycles. The van der Waals surface area contributed by atoms with Gasteiger partial charge in [0.1, 0.15) is 0 Å². The van der Waals surface area contributed by atoms with Crippen LogP contribution in [0.2, 0.25) is 0 Å². The van der Waals surface area contributed by atoms with E-state index in [1.807, 2.05) is 0 Å². The lowest BCUT2D eigenvalue weighted by Gasteiger charge is -2.07.